The summed E-state index contributed by atoms with van der Waals surface area (Å²) in [6, 6.07) is 4.25. The maximum absolute atomic E-state index is 12.9. The third kappa shape index (κ3) is 1.48. The van der Waals surface area contributed by atoms with Gasteiger partial charge in [0.15, 0.2) is 0 Å². The molecule has 5 heteroatoms. The molecule has 0 unspecified atom stereocenters. The summed E-state index contributed by atoms with van der Waals surface area (Å²) in [4.78, 5) is 0. The molecule has 0 aliphatic carbocycles. The second kappa shape index (κ2) is 2.85. The van der Waals surface area contributed by atoms with Crippen LogP contribution < -0.4 is 5.73 Å². The number of aromatic amines is 1. The van der Waals surface area contributed by atoms with Crippen LogP contribution in [-0.4, -0.2) is 15.4 Å². The zero-order chi connectivity index (χ0) is 9.26. The highest BCUT2D eigenvalue weighted by molar-refractivity contribution is 5.63. The number of aromatic nitrogens is 3. The summed E-state index contributed by atoms with van der Waals surface area (Å²) in [5.74, 6) is -0.377. The minimum Gasteiger partial charge on any atom is -0.399 e. The van der Waals surface area contributed by atoms with Gasteiger partial charge < -0.3 is 5.73 Å². The number of nitrogens with zero attached hydrogens (tertiary/aromatic N) is 2. The minimum atomic E-state index is -0.377. The molecule has 1 aromatic carbocycles. The lowest BCUT2D eigenvalue weighted by Gasteiger charge is -1.98. The van der Waals surface area contributed by atoms with Crippen LogP contribution in [0.3, 0.4) is 0 Å². The van der Waals surface area contributed by atoms with Gasteiger partial charge in [-0.15, -0.1) is 5.10 Å². The second-order valence-electron chi connectivity index (χ2n) is 2.63. The molecule has 66 valence electrons. The average molecular weight is 178 g/mol. The first kappa shape index (κ1) is 7.72. The highest BCUT2D eigenvalue weighted by atomic mass is 19.1. The van der Waals surface area contributed by atoms with Gasteiger partial charge in [-0.1, -0.05) is 5.21 Å². The van der Waals surface area contributed by atoms with E-state index in [1.54, 1.807) is 12.3 Å². The van der Waals surface area contributed by atoms with Gasteiger partial charge in [-0.3, -0.25) is 5.10 Å². The number of hydrogen-bond acceptors (Lipinski definition) is 3. The fraction of sp³-hybridized carbons (Fsp3) is 0. The average Bonchev–Trinajstić information content (AvgIpc) is 2.53. The molecule has 0 aliphatic rings. The number of nitrogen functional groups attached to an aromatic ring is 1. The highest BCUT2D eigenvalue weighted by Crippen LogP contribution is 2.19. The normalized spacial score (nSPS) is 10.2. The van der Waals surface area contributed by atoms with Gasteiger partial charge in [-0.25, -0.2) is 4.39 Å². The maximum atomic E-state index is 12.9. The van der Waals surface area contributed by atoms with Crippen LogP contribution in [0, 0.1) is 5.82 Å². The first-order chi connectivity index (χ1) is 6.25. The van der Waals surface area contributed by atoms with Crippen molar-refractivity contribution < 1.29 is 4.39 Å². The van der Waals surface area contributed by atoms with Crippen LogP contribution in [0.1, 0.15) is 0 Å². The van der Waals surface area contributed by atoms with E-state index in [9.17, 15) is 4.39 Å². The molecule has 3 N–H and O–H groups in total. The Labute approximate surface area is 73.6 Å². The van der Waals surface area contributed by atoms with E-state index in [1.807, 2.05) is 0 Å². The Hall–Kier alpha value is -1.91. The predicted molar refractivity (Wildman–Crippen MR) is 46.2 cm³/mol. The van der Waals surface area contributed by atoms with Crippen LogP contribution in [0.25, 0.3) is 11.3 Å². The van der Waals surface area contributed by atoms with Gasteiger partial charge in [-0.2, -0.15) is 0 Å². The SMILES string of the molecule is Nc1cc(F)cc(-c2c[nH]nn2)c1. The van der Waals surface area contributed by atoms with Gasteiger partial charge in [0.05, 0.1) is 0 Å². The number of hydrogen-bond donors (Lipinski definition) is 2. The topological polar surface area (TPSA) is 67.6 Å². The van der Waals surface area contributed by atoms with Gasteiger partial charge in [0.25, 0.3) is 0 Å². The van der Waals surface area contributed by atoms with Crippen molar-refractivity contribution in [3.05, 3.63) is 30.2 Å². The zero-order valence-corrected chi connectivity index (χ0v) is 6.66. The van der Waals surface area contributed by atoms with Gasteiger partial charge in [-0.05, 0) is 18.2 Å². The maximum Gasteiger partial charge on any atom is 0.125 e. The number of benzene rings is 1. The molecule has 0 radical (unpaired) electrons. The third-order valence-corrected chi connectivity index (χ3v) is 1.63. The van der Waals surface area contributed by atoms with Gasteiger partial charge in [0, 0.05) is 17.4 Å². The smallest absolute Gasteiger partial charge is 0.125 e. The van der Waals surface area contributed by atoms with Gasteiger partial charge >= 0.3 is 0 Å². The van der Waals surface area contributed by atoms with Crippen molar-refractivity contribution in [2.45, 2.75) is 0 Å². The predicted octanol–water partition coefficient (Wildman–Crippen LogP) is 1.19. The first-order valence-electron chi connectivity index (χ1n) is 3.68. The summed E-state index contributed by atoms with van der Waals surface area (Å²) in [7, 11) is 0. The van der Waals surface area contributed by atoms with Crippen molar-refractivity contribution in [3.8, 4) is 11.3 Å². The Balaban J connectivity index is 2.53. The number of H-pyrrole nitrogens is 1. The Bertz CT molecular complexity index is 390. The second-order valence-corrected chi connectivity index (χ2v) is 2.63. The summed E-state index contributed by atoms with van der Waals surface area (Å²) in [6.45, 7) is 0. The van der Waals surface area contributed by atoms with Crippen molar-refractivity contribution in [1.82, 2.24) is 15.4 Å². The van der Waals surface area contributed by atoms with Crippen LogP contribution in [0.4, 0.5) is 10.1 Å². The molecular formula is C8H7FN4. The molecule has 0 saturated carbocycles. The molecule has 0 atom stereocenters. The molecule has 2 aromatic rings. The van der Waals surface area contributed by atoms with Gasteiger partial charge in [0.2, 0.25) is 0 Å². The van der Waals surface area contributed by atoms with E-state index in [4.69, 9.17) is 5.73 Å². The number of anilines is 1. The number of nitrogens with two attached hydrogens (primary N) is 1. The Morgan fingerprint density at radius 1 is 1.31 bits per heavy atom. The van der Waals surface area contributed by atoms with Crippen LogP contribution in [0.5, 0.6) is 0 Å². The van der Waals surface area contributed by atoms with Crippen LogP contribution >= 0.6 is 0 Å². The molecule has 1 heterocycles. The molecule has 0 saturated heterocycles. The third-order valence-electron chi connectivity index (χ3n) is 1.63. The minimum absolute atomic E-state index is 0.373. The molecule has 2 rings (SSSR count). The van der Waals surface area contributed by atoms with Crippen molar-refractivity contribution in [1.29, 1.82) is 0 Å². The van der Waals surface area contributed by atoms with Crippen molar-refractivity contribution >= 4 is 5.69 Å². The quantitative estimate of drug-likeness (QED) is 0.644. The fourth-order valence-corrected chi connectivity index (χ4v) is 1.10. The number of halogens is 1. The molecule has 0 aliphatic heterocycles. The molecule has 1 aromatic heterocycles. The van der Waals surface area contributed by atoms with E-state index in [1.165, 1.54) is 12.1 Å². The van der Waals surface area contributed by atoms with E-state index >= 15 is 0 Å². The van der Waals surface area contributed by atoms with E-state index in [-0.39, 0.29) is 5.82 Å². The molecule has 0 fully saturated rings. The van der Waals surface area contributed by atoms with E-state index < -0.39 is 0 Å². The van der Waals surface area contributed by atoms with Crippen molar-refractivity contribution in [2.24, 2.45) is 0 Å². The molecular weight excluding hydrogens is 171 g/mol. The Kier molecular flexibility index (Phi) is 1.70. The summed E-state index contributed by atoms with van der Waals surface area (Å²) in [5.41, 5.74) is 7.03. The molecule has 13 heavy (non-hydrogen) atoms. The van der Waals surface area contributed by atoms with Crippen molar-refractivity contribution in [3.63, 3.8) is 0 Å². The van der Waals surface area contributed by atoms with Crippen molar-refractivity contribution in [2.75, 3.05) is 5.73 Å². The Morgan fingerprint density at radius 2 is 2.15 bits per heavy atom. The summed E-state index contributed by atoms with van der Waals surface area (Å²) >= 11 is 0. The number of nitrogens with one attached hydrogen (secondary N) is 1. The Morgan fingerprint density at radius 3 is 2.77 bits per heavy atom. The highest BCUT2D eigenvalue weighted by Gasteiger charge is 2.03. The van der Waals surface area contributed by atoms with E-state index in [0.717, 1.165) is 0 Å². The zero-order valence-electron chi connectivity index (χ0n) is 6.66. The molecule has 0 spiro atoms. The van der Waals surface area contributed by atoms with E-state index in [2.05, 4.69) is 15.4 Å². The van der Waals surface area contributed by atoms with E-state index in [0.29, 0.717) is 16.9 Å². The van der Waals surface area contributed by atoms with Crippen LogP contribution in [0.15, 0.2) is 24.4 Å². The number of rotatable bonds is 1. The first-order valence-corrected chi connectivity index (χ1v) is 3.68. The lowest BCUT2D eigenvalue weighted by Crippen LogP contribution is -1.88. The van der Waals surface area contributed by atoms with Crippen LogP contribution in [-0.2, 0) is 0 Å². The largest absolute Gasteiger partial charge is 0.399 e. The lowest BCUT2D eigenvalue weighted by molar-refractivity contribution is 0.629. The molecule has 0 amide bonds. The summed E-state index contributed by atoms with van der Waals surface area (Å²) in [5, 5.41) is 9.80. The summed E-state index contributed by atoms with van der Waals surface area (Å²) in [6.07, 6.45) is 1.58. The standard InChI is InChI=1S/C8H7FN4/c9-6-1-5(2-7(10)3-6)8-4-11-13-12-8/h1-4H,10H2,(H,11,12,13). The van der Waals surface area contributed by atoms with Gasteiger partial charge in [0.1, 0.15) is 11.5 Å². The summed E-state index contributed by atoms with van der Waals surface area (Å²) < 4.78 is 12.9. The van der Waals surface area contributed by atoms with Crippen LogP contribution in [0.2, 0.25) is 0 Å². The molecule has 0 bridgehead atoms. The monoisotopic (exact) mass is 178 g/mol. The molecule has 4 nitrogen and oxygen atoms in total. The lowest BCUT2D eigenvalue weighted by atomic mass is 10.1. The fourth-order valence-electron chi connectivity index (χ4n) is 1.10.